The van der Waals surface area contributed by atoms with Crippen LogP contribution in [0.1, 0.15) is 48.9 Å². The number of aryl methyl sites for hydroxylation is 1. The highest BCUT2D eigenvalue weighted by Gasteiger charge is 2.19. The van der Waals surface area contributed by atoms with E-state index in [0.29, 0.717) is 40.7 Å². The van der Waals surface area contributed by atoms with Crippen LogP contribution in [0.25, 0.3) is 22.3 Å². The van der Waals surface area contributed by atoms with E-state index in [-0.39, 0.29) is 11.5 Å². The molecule has 220 valence electrons. The highest BCUT2D eigenvalue weighted by atomic mass is 79.9. The number of halogens is 3. The van der Waals surface area contributed by atoms with E-state index >= 15 is 0 Å². The zero-order valence-electron chi connectivity index (χ0n) is 24.2. The molecular weight excluding hydrogens is 694 g/mol. The van der Waals surface area contributed by atoms with E-state index in [2.05, 4.69) is 56.9 Å². The van der Waals surface area contributed by atoms with Gasteiger partial charge in [-0.1, -0.05) is 49.7 Å². The van der Waals surface area contributed by atoms with Gasteiger partial charge >= 0.3 is 0 Å². The summed E-state index contributed by atoms with van der Waals surface area (Å²) in [4.78, 5) is 18.7. The molecule has 0 aliphatic rings. The van der Waals surface area contributed by atoms with Crippen molar-refractivity contribution in [3.63, 3.8) is 0 Å². The Morgan fingerprint density at radius 2 is 1.70 bits per heavy atom. The van der Waals surface area contributed by atoms with Gasteiger partial charge in [-0.2, -0.15) is 9.78 Å². The molecule has 1 aromatic heterocycles. The first-order valence-corrected chi connectivity index (χ1v) is 15.8. The van der Waals surface area contributed by atoms with Crippen molar-refractivity contribution in [1.29, 1.82) is 0 Å². The topological polar surface area (TPSA) is 65.7 Å². The highest BCUT2D eigenvalue weighted by Crippen LogP contribution is 2.36. The fraction of sp³-hybridized carbons (Fsp3) is 0.206. The van der Waals surface area contributed by atoms with Gasteiger partial charge in [-0.25, -0.2) is 4.98 Å². The summed E-state index contributed by atoms with van der Waals surface area (Å²) in [5.74, 6) is 2.16. The first kappa shape index (κ1) is 31.0. The van der Waals surface area contributed by atoms with E-state index in [0.717, 1.165) is 42.5 Å². The third kappa shape index (κ3) is 6.87. The number of para-hydroxylation sites is 1. The summed E-state index contributed by atoms with van der Waals surface area (Å²) in [6, 6.07) is 22.7. The molecule has 0 unspecified atom stereocenters. The molecule has 0 aliphatic heterocycles. The molecule has 0 atom stereocenters. The Morgan fingerprint density at radius 3 is 2.37 bits per heavy atom. The number of benzene rings is 4. The third-order valence-electron chi connectivity index (χ3n) is 6.91. The van der Waals surface area contributed by atoms with E-state index in [1.807, 2.05) is 74.5 Å². The lowest BCUT2D eigenvalue weighted by atomic mass is 9.96. The van der Waals surface area contributed by atoms with Crippen molar-refractivity contribution in [2.45, 2.75) is 40.2 Å². The average Bonchev–Trinajstić information content (AvgIpc) is 2.97. The van der Waals surface area contributed by atoms with Gasteiger partial charge in [-0.3, -0.25) is 4.79 Å². The Morgan fingerprint density at radius 1 is 1.00 bits per heavy atom. The third-order valence-corrected chi connectivity index (χ3v) is 8.34. The number of ether oxygens (including phenoxy) is 2. The summed E-state index contributed by atoms with van der Waals surface area (Å²) in [5.41, 5.74) is 4.91. The van der Waals surface area contributed by atoms with Crippen LogP contribution in [0.15, 0.2) is 91.6 Å². The lowest BCUT2D eigenvalue weighted by molar-refractivity contribution is 0.302. The van der Waals surface area contributed by atoms with Gasteiger partial charge in [0.25, 0.3) is 5.56 Å². The van der Waals surface area contributed by atoms with E-state index in [4.69, 9.17) is 26.1 Å². The second kappa shape index (κ2) is 13.5. The molecule has 6 nitrogen and oxygen atoms in total. The molecule has 43 heavy (non-hydrogen) atoms. The van der Waals surface area contributed by atoms with Crippen LogP contribution < -0.4 is 15.0 Å². The van der Waals surface area contributed by atoms with Crippen molar-refractivity contribution in [3.8, 4) is 22.9 Å². The lowest BCUT2D eigenvalue weighted by Gasteiger charge is -2.18. The monoisotopic (exact) mass is 721 g/mol. The first-order valence-electron chi connectivity index (χ1n) is 13.9. The Kier molecular flexibility index (Phi) is 9.69. The molecule has 0 radical (unpaired) electrons. The molecule has 5 aromatic rings. The van der Waals surface area contributed by atoms with Gasteiger partial charge in [0.1, 0.15) is 18.1 Å². The van der Waals surface area contributed by atoms with Gasteiger partial charge in [0, 0.05) is 10.6 Å². The van der Waals surface area contributed by atoms with E-state index < -0.39 is 0 Å². The molecule has 9 heteroatoms. The molecule has 0 saturated heterocycles. The number of nitrogens with zero attached hydrogens (tertiary/aromatic N) is 3. The highest BCUT2D eigenvalue weighted by molar-refractivity contribution is 9.11. The normalized spacial score (nSPS) is 11.5. The van der Waals surface area contributed by atoms with E-state index in [1.165, 1.54) is 4.68 Å². The Labute approximate surface area is 272 Å². The molecule has 4 aromatic carbocycles. The molecule has 0 bridgehead atoms. The zero-order chi connectivity index (χ0) is 30.7. The molecule has 0 N–H and O–H groups in total. The molecule has 0 amide bonds. The molecule has 0 saturated carbocycles. The molecule has 5 rings (SSSR count). The largest absolute Gasteiger partial charge is 0.494 e. The van der Waals surface area contributed by atoms with Gasteiger partial charge in [0.15, 0.2) is 5.82 Å². The fourth-order valence-electron chi connectivity index (χ4n) is 4.73. The van der Waals surface area contributed by atoms with Gasteiger partial charge in [0.2, 0.25) is 0 Å². The summed E-state index contributed by atoms with van der Waals surface area (Å²) in [5, 5.41) is 5.85. The molecule has 0 aliphatic carbocycles. The predicted molar refractivity (Wildman–Crippen MR) is 182 cm³/mol. The number of hydrogen-bond donors (Lipinski definition) is 0. The van der Waals surface area contributed by atoms with Crippen LogP contribution in [0.2, 0.25) is 5.02 Å². The Bertz CT molecular complexity index is 1860. The first-order chi connectivity index (χ1) is 20.7. The number of fused-ring (bicyclic) bond motifs is 1. The summed E-state index contributed by atoms with van der Waals surface area (Å²) >= 11 is 13.3. The predicted octanol–water partition coefficient (Wildman–Crippen LogP) is 9.53. The number of aromatic nitrogens is 2. The number of rotatable bonds is 9. The van der Waals surface area contributed by atoms with Gasteiger partial charge in [-0.05, 0) is 122 Å². The fourth-order valence-corrected chi connectivity index (χ4v) is 6.31. The summed E-state index contributed by atoms with van der Waals surface area (Å²) in [7, 11) is 0. The van der Waals surface area contributed by atoms with Crippen molar-refractivity contribution >= 4 is 60.6 Å². The molecule has 0 spiro atoms. The smallest absolute Gasteiger partial charge is 0.282 e. The molecule has 0 fully saturated rings. The second-order valence-electron chi connectivity index (χ2n) is 10.3. The van der Waals surface area contributed by atoms with Crippen molar-refractivity contribution in [3.05, 3.63) is 119 Å². The Balaban J connectivity index is 1.56. The average molecular weight is 724 g/mol. The minimum Gasteiger partial charge on any atom is -0.494 e. The number of hydrogen-bond acceptors (Lipinski definition) is 5. The SMILES string of the molecule is CCOc1cc(C)c(-c2nc3ccccc3c(=O)n2N=Cc2cc(Br)c(OCc3ccc(Cl)cc3)c(Br)c2)cc1C(C)C. The maximum Gasteiger partial charge on any atom is 0.282 e. The van der Waals surface area contributed by atoms with Crippen LogP contribution in [0, 0.1) is 6.92 Å². The van der Waals surface area contributed by atoms with E-state index in [9.17, 15) is 4.79 Å². The van der Waals surface area contributed by atoms with Gasteiger partial charge in [-0.15, -0.1) is 0 Å². The van der Waals surface area contributed by atoms with Crippen LogP contribution in [-0.2, 0) is 6.61 Å². The van der Waals surface area contributed by atoms with Crippen molar-refractivity contribution in [2.24, 2.45) is 5.10 Å². The van der Waals surface area contributed by atoms with Crippen LogP contribution in [-0.4, -0.2) is 22.5 Å². The van der Waals surface area contributed by atoms with Crippen molar-refractivity contribution < 1.29 is 9.47 Å². The summed E-state index contributed by atoms with van der Waals surface area (Å²) in [6.07, 6.45) is 1.65. The Hall–Kier alpha value is -3.46. The van der Waals surface area contributed by atoms with Crippen LogP contribution in [0.3, 0.4) is 0 Å². The molecular formula is C34H30Br2ClN3O3. The van der Waals surface area contributed by atoms with Crippen LogP contribution >= 0.6 is 43.5 Å². The second-order valence-corrected chi connectivity index (χ2v) is 12.5. The lowest BCUT2D eigenvalue weighted by Crippen LogP contribution is -2.21. The standard InChI is InChI=1S/C34H30Br2ClN3O3/c1-5-42-31-14-21(4)27(17-26(31)20(2)3)33-39-30-9-7-6-8-25(30)34(41)40(33)38-18-23-15-28(35)32(29(36)16-23)43-19-22-10-12-24(37)13-11-22/h6-18,20H,5,19H2,1-4H3. The van der Waals surface area contributed by atoms with Gasteiger partial charge in [0.05, 0.1) is 32.7 Å². The quantitative estimate of drug-likeness (QED) is 0.142. The van der Waals surface area contributed by atoms with Crippen molar-refractivity contribution in [1.82, 2.24) is 9.66 Å². The zero-order valence-corrected chi connectivity index (χ0v) is 28.1. The van der Waals surface area contributed by atoms with Gasteiger partial charge < -0.3 is 9.47 Å². The van der Waals surface area contributed by atoms with E-state index in [1.54, 1.807) is 12.3 Å². The minimum atomic E-state index is -0.253. The maximum atomic E-state index is 13.8. The maximum absolute atomic E-state index is 13.8. The molecule has 1 heterocycles. The van der Waals surface area contributed by atoms with Crippen molar-refractivity contribution in [2.75, 3.05) is 6.61 Å². The van der Waals surface area contributed by atoms with Crippen LogP contribution in [0.4, 0.5) is 0 Å². The summed E-state index contributed by atoms with van der Waals surface area (Å²) in [6.45, 7) is 9.15. The van der Waals surface area contributed by atoms with Crippen LogP contribution in [0.5, 0.6) is 11.5 Å². The summed E-state index contributed by atoms with van der Waals surface area (Å²) < 4.78 is 14.9. The minimum absolute atomic E-state index is 0.208.